The standard InChI is InChI=1S/C21H26N2/c1-21(2)15-19-17-8-4-3-7-16(17)9-10-18(19)20(22-21)11-14-23-12-5-6-13-23/h3-4,7-10H,5-6,11-15H2,1-2H3/p+2. The molecule has 2 heterocycles. The second-order valence-electron chi connectivity index (χ2n) is 7.93. The predicted octanol–water partition coefficient (Wildman–Crippen LogP) is 1.11. The lowest BCUT2D eigenvalue weighted by molar-refractivity contribution is -0.886. The fourth-order valence-electron chi connectivity index (χ4n) is 4.40. The van der Waals surface area contributed by atoms with Gasteiger partial charge in [-0.15, -0.1) is 0 Å². The summed E-state index contributed by atoms with van der Waals surface area (Å²) in [6.07, 6.45) is 5.09. The van der Waals surface area contributed by atoms with E-state index in [1.54, 1.807) is 10.5 Å². The van der Waals surface area contributed by atoms with Gasteiger partial charge in [-0.2, -0.15) is 0 Å². The van der Waals surface area contributed by atoms with Gasteiger partial charge in [0, 0.05) is 38.7 Å². The summed E-state index contributed by atoms with van der Waals surface area (Å²) in [7, 11) is 0. The van der Waals surface area contributed by atoms with Crippen LogP contribution in [0.25, 0.3) is 10.8 Å². The van der Waals surface area contributed by atoms with Crippen LogP contribution < -0.4 is 9.89 Å². The third-order valence-corrected chi connectivity index (χ3v) is 5.51. The van der Waals surface area contributed by atoms with Crippen molar-refractivity contribution in [3.63, 3.8) is 0 Å². The van der Waals surface area contributed by atoms with Crippen molar-refractivity contribution >= 4 is 16.5 Å². The Morgan fingerprint density at radius 2 is 1.83 bits per heavy atom. The Labute approximate surface area is 139 Å². The van der Waals surface area contributed by atoms with Crippen LogP contribution in [0.4, 0.5) is 0 Å². The first kappa shape index (κ1) is 14.9. The SMILES string of the molecule is CC1(C)Cc2c(ccc3ccccc23)C(CC[NH+]2CCCC2)=[NH+]1. The first-order chi connectivity index (χ1) is 11.1. The summed E-state index contributed by atoms with van der Waals surface area (Å²) >= 11 is 0. The van der Waals surface area contributed by atoms with Crippen LogP contribution >= 0.6 is 0 Å². The van der Waals surface area contributed by atoms with Crippen molar-refractivity contribution in [2.45, 2.75) is 45.1 Å². The van der Waals surface area contributed by atoms with Gasteiger partial charge in [0.15, 0.2) is 11.3 Å². The molecule has 2 aromatic rings. The average molecular weight is 308 g/mol. The zero-order valence-electron chi connectivity index (χ0n) is 14.4. The molecule has 2 aliphatic heterocycles. The van der Waals surface area contributed by atoms with Crippen LogP contribution in [0.3, 0.4) is 0 Å². The van der Waals surface area contributed by atoms with Crippen molar-refractivity contribution in [2.75, 3.05) is 19.6 Å². The quantitative estimate of drug-likeness (QED) is 0.846. The summed E-state index contributed by atoms with van der Waals surface area (Å²) in [4.78, 5) is 5.62. The Hall–Kier alpha value is -1.67. The second kappa shape index (κ2) is 5.76. The number of hydrogen-bond donors (Lipinski definition) is 2. The Balaban J connectivity index is 1.71. The Bertz CT molecular complexity index is 752. The lowest BCUT2D eigenvalue weighted by Crippen LogP contribution is -3.10. The summed E-state index contributed by atoms with van der Waals surface area (Å²) < 4.78 is 0. The van der Waals surface area contributed by atoms with Gasteiger partial charge in [-0.3, -0.25) is 0 Å². The van der Waals surface area contributed by atoms with Crippen LogP contribution in [0.5, 0.6) is 0 Å². The van der Waals surface area contributed by atoms with E-state index in [1.807, 2.05) is 0 Å². The molecule has 0 atom stereocenters. The minimum absolute atomic E-state index is 0.146. The normalized spacial score (nSPS) is 20.5. The minimum atomic E-state index is 0.146. The van der Waals surface area contributed by atoms with E-state index in [-0.39, 0.29) is 5.54 Å². The molecule has 2 N–H and O–H groups in total. The summed E-state index contributed by atoms with van der Waals surface area (Å²) in [5, 5.41) is 2.80. The van der Waals surface area contributed by atoms with Gasteiger partial charge in [0.2, 0.25) is 0 Å². The third kappa shape index (κ3) is 2.92. The number of likely N-dealkylation sites (tertiary alicyclic amines) is 1. The highest BCUT2D eigenvalue weighted by atomic mass is 15.1. The largest absolute Gasteiger partial charge is 0.334 e. The number of quaternary nitrogens is 1. The maximum Gasteiger partial charge on any atom is 0.188 e. The first-order valence-corrected chi connectivity index (χ1v) is 9.11. The molecule has 23 heavy (non-hydrogen) atoms. The van der Waals surface area contributed by atoms with E-state index in [0.717, 1.165) is 6.42 Å². The van der Waals surface area contributed by atoms with Crippen LogP contribution in [-0.2, 0) is 6.42 Å². The van der Waals surface area contributed by atoms with E-state index >= 15 is 0 Å². The van der Waals surface area contributed by atoms with Crippen molar-refractivity contribution in [2.24, 2.45) is 0 Å². The van der Waals surface area contributed by atoms with Gasteiger partial charge < -0.3 is 4.90 Å². The molecular weight excluding hydrogens is 280 g/mol. The van der Waals surface area contributed by atoms with E-state index in [4.69, 9.17) is 0 Å². The van der Waals surface area contributed by atoms with Crippen LogP contribution in [0, 0.1) is 0 Å². The van der Waals surface area contributed by atoms with Gasteiger partial charge >= 0.3 is 0 Å². The summed E-state index contributed by atoms with van der Waals surface area (Å²) in [5.41, 5.74) is 4.61. The topological polar surface area (TPSA) is 18.4 Å². The number of rotatable bonds is 3. The fraction of sp³-hybridized carbons (Fsp3) is 0.476. The lowest BCUT2D eigenvalue weighted by Gasteiger charge is -2.25. The number of nitrogens with one attached hydrogen (secondary N) is 2. The lowest BCUT2D eigenvalue weighted by atomic mass is 9.83. The molecule has 4 rings (SSSR count). The molecule has 0 aromatic heterocycles. The average Bonchev–Trinajstić information content (AvgIpc) is 3.05. The van der Waals surface area contributed by atoms with Crippen LogP contribution in [-0.4, -0.2) is 30.9 Å². The Morgan fingerprint density at radius 1 is 1.04 bits per heavy atom. The molecule has 120 valence electrons. The molecule has 2 aliphatic rings. The summed E-state index contributed by atoms with van der Waals surface area (Å²) in [6.45, 7) is 8.66. The van der Waals surface area contributed by atoms with Crippen molar-refractivity contribution in [3.8, 4) is 0 Å². The van der Waals surface area contributed by atoms with Crippen LogP contribution in [0.15, 0.2) is 36.4 Å². The molecule has 0 aliphatic carbocycles. The first-order valence-electron chi connectivity index (χ1n) is 9.11. The van der Waals surface area contributed by atoms with E-state index in [9.17, 15) is 0 Å². The molecular formula is C21H28N2+2. The minimum Gasteiger partial charge on any atom is -0.334 e. The second-order valence-corrected chi connectivity index (χ2v) is 7.93. The predicted molar refractivity (Wildman–Crippen MR) is 96.2 cm³/mol. The van der Waals surface area contributed by atoms with Crippen LogP contribution in [0.2, 0.25) is 0 Å². The van der Waals surface area contributed by atoms with Gasteiger partial charge in [0.25, 0.3) is 0 Å². The Kier molecular flexibility index (Phi) is 3.73. The smallest absolute Gasteiger partial charge is 0.188 e. The summed E-state index contributed by atoms with van der Waals surface area (Å²) in [5.74, 6) is 0. The third-order valence-electron chi connectivity index (χ3n) is 5.51. The zero-order chi connectivity index (χ0) is 15.9. The molecule has 0 spiro atoms. The maximum absolute atomic E-state index is 3.84. The highest BCUT2D eigenvalue weighted by Crippen LogP contribution is 2.27. The molecule has 1 saturated heterocycles. The molecule has 2 aromatic carbocycles. The number of benzene rings is 2. The van der Waals surface area contributed by atoms with E-state index in [2.05, 4.69) is 55.2 Å². The zero-order valence-corrected chi connectivity index (χ0v) is 14.4. The molecule has 0 saturated carbocycles. The van der Waals surface area contributed by atoms with Gasteiger partial charge in [-0.1, -0.05) is 30.3 Å². The van der Waals surface area contributed by atoms with Gasteiger partial charge in [-0.05, 0) is 22.4 Å². The molecule has 0 unspecified atom stereocenters. The maximum atomic E-state index is 3.84. The van der Waals surface area contributed by atoms with E-state index < -0.39 is 0 Å². The molecule has 2 heteroatoms. The van der Waals surface area contributed by atoms with Gasteiger partial charge in [0.1, 0.15) is 0 Å². The monoisotopic (exact) mass is 308 g/mol. The Morgan fingerprint density at radius 3 is 2.65 bits per heavy atom. The molecule has 2 nitrogen and oxygen atoms in total. The number of fused-ring (bicyclic) bond motifs is 3. The molecule has 1 fully saturated rings. The highest BCUT2D eigenvalue weighted by Gasteiger charge is 2.34. The van der Waals surface area contributed by atoms with Gasteiger partial charge in [-0.25, -0.2) is 4.99 Å². The van der Waals surface area contributed by atoms with E-state index in [0.29, 0.717) is 0 Å². The van der Waals surface area contributed by atoms with Crippen molar-refractivity contribution in [1.82, 2.24) is 0 Å². The molecule has 0 bridgehead atoms. The van der Waals surface area contributed by atoms with Crippen molar-refractivity contribution in [3.05, 3.63) is 47.5 Å². The number of hydrogen-bond acceptors (Lipinski definition) is 0. The molecule has 0 amide bonds. The van der Waals surface area contributed by atoms with Crippen molar-refractivity contribution < 1.29 is 9.89 Å². The fourth-order valence-corrected chi connectivity index (χ4v) is 4.40. The molecule has 0 radical (unpaired) electrons. The van der Waals surface area contributed by atoms with Crippen molar-refractivity contribution in [1.29, 1.82) is 0 Å². The van der Waals surface area contributed by atoms with Gasteiger partial charge in [0.05, 0.1) is 26.1 Å². The summed E-state index contributed by atoms with van der Waals surface area (Å²) in [6, 6.07) is 13.5. The van der Waals surface area contributed by atoms with Crippen LogP contribution in [0.1, 0.15) is 44.2 Å². The van der Waals surface area contributed by atoms with E-state index in [1.165, 1.54) is 60.9 Å². The highest BCUT2D eigenvalue weighted by molar-refractivity contribution is 6.03.